The minimum atomic E-state index is -0.856. The molecule has 0 aromatic heterocycles. The maximum absolute atomic E-state index is 11.2. The Morgan fingerprint density at radius 3 is 2.38 bits per heavy atom. The summed E-state index contributed by atoms with van der Waals surface area (Å²) < 4.78 is 4.79. The Labute approximate surface area is 95.5 Å². The molecule has 0 aromatic rings. The van der Waals surface area contributed by atoms with Crippen LogP contribution >= 0.6 is 0 Å². The molecule has 0 spiro atoms. The molecule has 0 atom stereocenters. The highest BCUT2D eigenvalue weighted by Crippen LogP contribution is 2.07. The van der Waals surface area contributed by atoms with Crippen molar-refractivity contribution >= 4 is 5.97 Å². The largest absolute Gasteiger partial charge is 0.510 e. The van der Waals surface area contributed by atoms with Gasteiger partial charge in [0.25, 0.3) is 0 Å². The molecular formula is C11H19NO4. The summed E-state index contributed by atoms with van der Waals surface area (Å²) in [6.07, 6.45) is 5.20. The van der Waals surface area contributed by atoms with Crippen molar-refractivity contribution in [3.63, 3.8) is 0 Å². The molecule has 1 N–H and O–H groups in total. The lowest BCUT2D eigenvalue weighted by molar-refractivity contribution is -0.139. The lowest BCUT2D eigenvalue weighted by Gasteiger charge is -2.03. The molecule has 0 unspecified atom stereocenters. The first kappa shape index (κ1) is 14.6. The summed E-state index contributed by atoms with van der Waals surface area (Å²) >= 11 is 0. The van der Waals surface area contributed by atoms with Gasteiger partial charge in [0.15, 0.2) is 0 Å². The third kappa shape index (κ3) is 6.16. The highest BCUT2D eigenvalue weighted by molar-refractivity contribution is 5.88. The van der Waals surface area contributed by atoms with Crippen LogP contribution in [-0.4, -0.2) is 17.7 Å². The highest BCUT2D eigenvalue weighted by Gasteiger charge is 2.15. The summed E-state index contributed by atoms with van der Waals surface area (Å²) in [5, 5.41) is 11.4. The number of hydrogen-bond acceptors (Lipinski definition) is 5. The minimum Gasteiger partial charge on any atom is -0.510 e. The van der Waals surface area contributed by atoms with E-state index in [1.54, 1.807) is 0 Å². The molecule has 0 aliphatic heterocycles. The molecule has 5 heteroatoms. The van der Waals surface area contributed by atoms with Crippen LogP contribution in [0.1, 0.15) is 46.0 Å². The van der Waals surface area contributed by atoms with Crippen molar-refractivity contribution in [1.82, 2.24) is 0 Å². The Hall–Kier alpha value is -1.39. The van der Waals surface area contributed by atoms with E-state index in [9.17, 15) is 9.70 Å². The molecule has 0 rings (SSSR count). The maximum atomic E-state index is 11.2. The normalized spacial score (nSPS) is 11.9. The second kappa shape index (κ2) is 8.88. The molecule has 5 nitrogen and oxygen atoms in total. The Balaban J connectivity index is 3.74. The van der Waals surface area contributed by atoms with E-state index in [0.29, 0.717) is 0 Å². The number of carbonyl (C=O) groups excluding carboxylic acids is 1. The zero-order chi connectivity index (χ0) is 12.4. The van der Waals surface area contributed by atoms with E-state index in [4.69, 9.17) is 9.84 Å². The molecule has 0 amide bonds. The Morgan fingerprint density at radius 1 is 1.25 bits per heavy atom. The van der Waals surface area contributed by atoms with Crippen LogP contribution in [0.3, 0.4) is 0 Å². The van der Waals surface area contributed by atoms with Gasteiger partial charge in [-0.3, -0.25) is 0 Å². The topological polar surface area (TPSA) is 76.0 Å². The first-order valence-corrected chi connectivity index (χ1v) is 5.53. The van der Waals surface area contributed by atoms with E-state index in [2.05, 4.69) is 12.1 Å². The van der Waals surface area contributed by atoms with Gasteiger partial charge in [-0.15, -0.1) is 4.91 Å². The number of aliphatic hydroxyl groups is 1. The number of rotatable bonds is 8. The average molecular weight is 229 g/mol. The van der Waals surface area contributed by atoms with Gasteiger partial charge >= 0.3 is 5.97 Å². The first-order chi connectivity index (χ1) is 7.63. The minimum absolute atomic E-state index is 0.259. The van der Waals surface area contributed by atoms with Crippen LogP contribution in [0.2, 0.25) is 0 Å². The van der Waals surface area contributed by atoms with Crippen molar-refractivity contribution in [2.75, 3.05) is 6.61 Å². The lowest BCUT2D eigenvalue weighted by atomic mass is 10.2. The predicted molar refractivity (Wildman–Crippen MR) is 60.8 cm³/mol. The summed E-state index contributed by atoms with van der Waals surface area (Å²) in [6, 6.07) is 0. The first-order valence-electron chi connectivity index (χ1n) is 5.53. The van der Waals surface area contributed by atoms with Gasteiger partial charge < -0.3 is 9.84 Å². The van der Waals surface area contributed by atoms with Crippen molar-refractivity contribution in [1.29, 1.82) is 0 Å². The van der Waals surface area contributed by atoms with Gasteiger partial charge in [-0.05, 0) is 18.5 Å². The molecule has 16 heavy (non-hydrogen) atoms. The summed E-state index contributed by atoms with van der Waals surface area (Å²) in [5.74, 6) is -1.27. The number of nitrogens with zero attached hydrogens (tertiary/aromatic N) is 1. The monoisotopic (exact) mass is 229 g/mol. The fraction of sp³-hybridized carbons (Fsp3) is 0.727. The number of esters is 1. The Morgan fingerprint density at radius 2 is 1.88 bits per heavy atom. The molecule has 0 saturated carbocycles. The zero-order valence-corrected chi connectivity index (χ0v) is 9.86. The summed E-state index contributed by atoms with van der Waals surface area (Å²) in [7, 11) is 0. The standard InChI is InChI=1S/C11H19NO4/c1-3-4-5-6-7-8-16-11(14)10(12-15)9(2)13/h13H,3-8H2,1-2H3. The van der Waals surface area contributed by atoms with Gasteiger partial charge in [-0.25, -0.2) is 4.79 Å². The number of ether oxygens (including phenoxy) is 1. The molecule has 0 heterocycles. The molecule has 0 bridgehead atoms. The van der Waals surface area contributed by atoms with Gasteiger partial charge in [-0.2, -0.15) is 0 Å². The number of unbranched alkanes of at least 4 members (excludes halogenated alkanes) is 4. The Kier molecular flexibility index (Phi) is 8.11. The molecule has 0 aromatic carbocycles. The van der Waals surface area contributed by atoms with Crippen LogP contribution in [0.15, 0.2) is 16.6 Å². The average Bonchev–Trinajstić information content (AvgIpc) is 2.23. The fourth-order valence-electron chi connectivity index (χ4n) is 1.19. The molecule has 0 fully saturated rings. The smallest absolute Gasteiger partial charge is 0.364 e. The Bertz CT molecular complexity index is 257. The summed E-state index contributed by atoms with van der Waals surface area (Å²) in [4.78, 5) is 21.4. The number of nitroso groups, excluding NO2 is 1. The molecular weight excluding hydrogens is 210 g/mol. The molecule has 0 aliphatic carbocycles. The third-order valence-electron chi connectivity index (χ3n) is 2.11. The lowest BCUT2D eigenvalue weighted by Crippen LogP contribution is -2.09. The van der Waals surface area contributed by atoms with E-state index >= 15 is 0 Å². The molecule has 0 aliphatic rings. The van der Waals surface area contributed by atoms with Crippen LogP contribution < -0.4 is 0 Å². The number of aliphatic hydroxyl groups excluding tert-OH is 1. The number of carbonyl (C=O) groups is 1. The van der Waals surface area contributed by atoms with Crippen molar-refractivity contribution < 1.29 is 14.6 Å². The van der Waals surface area contributed by atoms with E-state index in [0.717, 1.165) is 25.7 Å². The van der Waals surface area contributed by atoms with Crippen molar-refractivity contribution in [3.8, 4) is 0 Å². The van der Waals surface area contributed by atoms with Crippen LogP contribution in [-0.2, 0) is 9.53 Å². The second-order valence-electron chi connectivity index (χ2n) is 3.58. The zero-order valence-electron chi connectivity index (χ0n) is 9.86. The van der Waals surface area contributed by atoms with Gasteiger partial charge in [0.1, 0.15) is 5.76 Å². The van der Waals surface area contributed by atoms with Crippen molar-refractivity contribution in [2.45, 2.75) is 46.0 Å². The second-order valence-corrected chi connectivity index (χ2v) is 3.58. The number of allylic oxidation sites excluding steroid dienone is 1. The van der Waals surface area contributed by atoms with Crippen molar-refractivity contribution in [3.05, 3.63) is 16.4 Å². The third-order valence-corrected chi connectivity index (χ3v) is 2.11. The van der Waals surface area contributed by atoms with Crippen LogP contribution in [0.25, 0.3) is 0 Å². The van der Waals surface area contributed by atoms with Gasteiger partial charge in [0.05, 0.1) is 6.61 Å². The molecule has 92 valence electrons. The van der Waals surface area contributed by atoms with E-state index < -0.39 is 17.4 Å². The van der Waals surface area contributed by atoms with E-state index in [-0.39, 0.29) is 6.61 Å². The SMILES string of the molecule is CCCCCCCOC(=O)C(N=O)=C(C)O. The van der Waals surface area contributed by atoms with Crippen molar-refractivity contribution in [2.24, 2.45) is 5.18 Å². The van der Waals surface area contributed by atoms with Gasteiger partial charge in [0, 0.05) is 0 Å². The van der Waals surface area contributed by atoms with E-state index in [1.807, 2.05) is 0 Å². The fourth-order valence-corrected chi connectivity index (χ4v) is 1.19. The van der Waals surface area contributed by atoms with Crippen LogP contribution in [0.4, 0.5) is 0 Å². The highest BCUT2D eigenvalue weighted by atomic mass is 16.5. The molecule has 0 radical (unpaired) electrons. The summed E-state index contributed by atoms with van der Waals surface area (Å²) in [6.45, 7) is 3.60. The van der Waals surface area contributed by atoms with Gasteiger partial charge in [-0.1, -0.05) is 32.6 Å². The van der Waals surface area contributed by atoms with E-state index in [1.165, 1.54) is 13.3 Å². The number of hydrogen-bond donors (Lipinski definition) is 1. The van der Waals surface area contributed by atoms with Crippen LogP contribution in [0.5, 0.6) is 0 Å². The maximum Gasteiger partial charge on any atom is 0.364 e. The summed E-state index contributed by atoms with van der Waals surface area (Å²) in [5.41, 5.74) is -0.548. The van der Waals surface area contributed by atoms with Gasteiger partial charge in [0.2, 0.25) is 5.70 Å². The van der Waals surface area contributed by atoms with Crippen LogP contribution in [0, 0.1) is 4.91 Å². The quantitative estimate of drug-likeness (QED) is 0.228. The predicted octanol–water partition coefficient (Wildman–Crippen LogP) is 3.06. The molecule has 0 saturated heterocycles.